The van der Waals surface area contributed by atoms with Crippen molar-refractivity contribution in [1.82, 2.24) is 31.5 Å². The van der Waals surface area contributed by atoms with Gasteiger partial charge in [-0.3, -0.25) is 33.6 Å². The number of fused-ring (bicyclic) bond motifs is 3. The van der Waals surface area contributed by atoms with Crippen LogP contribution in [0.25, 0.3) is 11.1 Å². The SMILES string of the molecule is Cc1cc(CCC(=O)O)ccc1-c1ccc(C[C@@H]2NC(=O)[C@]3(Cc4ccccc4)CCCN(C3)C(=O)/C=C/C(=O)NCC[C@@H](C(=O)NCCOCCN)NC(=O)Cc3ccccc3CNC2=O)cc1. The molecule has 16 nitrogen and oxygen atoms in total. The molecule has 4 aromatic carbocycles. The Kier molecular flexibility index (Phi) is 18.8. The molecule has 2 aliphatic heterocycles. The van der Waals surface area contributed by atoms with Gasteiger partial charge in [0, 0.05) is 64.3 Å². The largest absolute Gasteiger partial charge is 0.481 e. The van der Waals surface area contributed by atoms with Gasteiger partial charge in [0.2, 0.25) is 35.4 Å². The fraction of sp³-hybridized carbons (Fsp3) is 0.377. The molecule has 6 amide bonds. The molecule has 2 heterocycles. The van der Waals surface area contributed by atoms with Crippen molar-refractivity contribution in [2.24, 2.45) is 11.1 Å². The van der Waals surface area contributed by atoms with E-state index >= 15 is 0 Å². The summed E-state index contributed by atoms with van der Waals surface area (Å²) in [6.07, 6.45) is 4.01. The molecule has 0 aliphatic carbocycles. The molecular weight excluding hydrogens is 879 g/mol. The minimum absolute atomic E-state index is 0.00243. The number of carbonyl (C=O) groups excluding carboxylic acids is 6. The molecule has 4 aromatic rings. The van der Waals surface area contributed by atoms with Crippen molar-refractivity contribution in [1.29, 1.82) is 0 Å². The Morgan fingerprint density at radius 3 is 2.33 bits per heavy atom. The molecular formula is C53H63N7O9. The maximum absolute atomic E-state index is 15.0. The molecule has 364 valence electrons. The average molecular weight is 942 g/mol. The van der Waals surface area contributed by atoms with E-state index in [9.17, 15) is 33.6 Å². The van der Waals surface area contributed by atoms with E-state index < -0.39 is 53.0 Å². The van der Waals surface area contributed by atoms with Crippen molar-refractivity contribution in [2.75, 3.05) is 45.9 Å². The van der Waals surface area contributed by atoms with E-state index in [1.807, 2.05) is 79.7 Å². The van der Waals surface area contributed by atoms with E-state index in [4.69, 9.17) is 15.6 Å². The quantitative estimate of drug-likeness (QED) is 0.0913. The first-order valence-corrected chi connectivity index (χ1v) is 23.5. The maximum atomic E-state index is 15.0. The van der Waals surface area contributed by atoms with Crippen molar-refractivity contribution >= 4 is 41.4 Å². The molecule has 2 aliphatic rings. The van der Waals surface area contributed by atoms with Gasteiger partial charge in [-0.1, -0.05) is 97.1 Å². The van der Waals surface area contributed by atoms with Gasteiger partial charge in [0.25, 0.3) is 0 Å². The third kappa shape index (κ3) is 15.2. The van der Waals surface area contributed by atoms with Crippen LogP contribution in [0.2, 0.25) is 0 Å². The second-order valence-corrected chi connectivity index (χ2v) is 17.7. The van der Waals surface area contributed by atoms with Crippen LogP contribution in [0.1, 0.15) is 59.1 Å². The predicted molar refractivity (Wildman–Crippen MR) is 260 cm³/mol. The van der Waals surface area contributed by atoms with Gasteiger partial charge < -0.3 is 47.1 Å². The van der Waals surface area contributed by atoms with Gasteiger partial charge in [-0.2, -0.15) is 0 Å². The van der Waals surface area contributed by atoms with Gasteiger partial charge in [-0.05, 0) is 83.5 Å². The average Bonchev–Trinajstić information content (AvgIpc) is 3.34. The van der Waals surface area contributed by atoms with Gasteiger partial charge in [-0.15, -0.1) is 0 Å². The van der Waals surface area contributed by atoms with Crippen LogP contribution in [0.15, 0.2) is 109 Å². The Bertz CT molecular complexity index is 2480. The minimum Gasteiger partial charge on any atom is -0.481 e. The van der Waals surface area contributed by atoms with E-state index in [0.717, 1.165) is 45.5 Å². The highest BCUT2D eigenvalue weighted by molar-refractivity contribution is 5.97. The topological polar surface area (TPSA) is 238 Å². The molecule has 1 saturated heterocycles. The Morgan fingerprint density at radius 2 is 1.59 bits per heavy atom. The molecule has 0 spiro atoms. The Hall–Kier alpha value is -7.17. The molecule has 2 bridgehead atoms. The van der Waals surface area contributed by atoms with Crippen LogP contribution in [-0.4, -0.2) is 109 Å². The van der Waals surface area contributed by atoms with Crippen LogP contribution in [0, 0.1) is 12.3 Å². The number of hydrogen-bond acceptors (Lipinski definition) is 9. The number of carboxylic acid groups (broad SMARTS) is 1. The standard InChI is InChI=1S/C53H63N7O9/c1-36-30-37(15-21-49(64)65)14-18-43(36)40-16-12-38(13-17-40)31-45-51(67)57-34-42-11-6-5-10-41(42)32-47(62)58-44(50(66)56-26-29-69-28-24-54)22-25-55-46(61)19-20-48(63)60-27-7-23-53(35-60,52(68)59-45)33-39-8-3-2-4-9-39/h2-6,8-14,16-20,30,44-45H,7,15,21-29,31-35,54H2,1H3,(H,55,61)(H,56,66)(H,57,67)(H,58,62)(H,59,68)(H,64,65)/b20-19+/t44-,45-,53-/m0/s1. The number of nitrogens with zero attached hydrogens (tertiary/aromatic N) is 1. The third-order valence-electron chi connectivity index (χ3n) is 12.5. The minimum atomic E-state index is -1.13. The number of aliphatic carboxylic acids is 1. The number of hydrogen-bond donors (Lipinski definition) is 7. The van der Waals surface area contributed by atoms with Crippen LogP contribution < -0.4 is 32.3 Å². The highest BCUT2D eigenvalue weighted by Gasteiger charge is 2.44. The lowest BCUT2D eigenvalue weighted by atomic mass is 9.74. The molecule has 0 radical (unpaired) electrons. The highest BCUT2D eigenvalue weighted by atomic mass is 16.5. The number of piperidine rings is 1. The lowest BCUT2D eigenvalue weighted by molar-refractivity contribution is -0.141. The summed E-state index contributed by atoms with van der Waals surface area (Å²) in [5.41, 5.74) is 11.1. The number of benzene rings is 4. The van der Waals surface area contributed by atoms with Crippen LogP contribution >= 0.6 is 0 Å². The van der Waals surface area contributed by atoms with Gasteiger partial charge in [0.05, 0.1) is 25.0 Å². The zero-order valence-electron chi connectivity index (χ0n) is 39.1. The van der Waals surface area contributed by atoms with Crippen LogP contribution in [0.5, 0.6) is 0 Å². The molecule has 1 fully saturated rings. The van der Waals surface area contributed by atoms with Crippen LogP contribution in [0.3, 0.4) is 0 Å². The molecule has 8 N–H and O–H groups in total. The van der Waals surface area contributed by atoms with Crippen molar-refractivity contribution in [3.05, 3.63) is 143 Å². The van der Waals surface area contributed by atoms with Crippen LogP contribution in [0.4, 0.5) is 0 Å². The van der Waals surface area contributed by atoms with Crippen molar-refractivity contribution in [3.8, 4) is 11.1 Å². The molecule has 3 atom stereocenters. The number of rotatable bonds is 14. The normalized spacial score (nSPS) is 20.1. The fourth-order valence-corrected chi connectivity index (χ4v) is 8.85. The molecule has 0 saturated carbocycles. The molecule has 0 aromatic heterocycles. The Labute approximate surface area is 402 Å². The summed E-state index contributed by atoms with van der Waals surface area (Å²) in [5, 5.41) is 23.5. The van der Waals surface area contributed by atoms with Crippen molar-refractivity contribution < 1.29 is 43.4 Å². The first-order valence-electron chi connectivity index (χ1n) is 23.5. The Morgan fingerprint density at radius 1 is 0.855 bits per heavy atom. The summed E-state index contributed by atoms with van der Waals surface area (Å²) in [6.45, 7) is 3.43. The van der Waals surface area contributed by atoms with E-state index in [0.29, 0.717) is 50.1 Å². The fourth-order valence-electron chi connectivity index (χ4n) is 8.85. The van der Waals surface area contributed by atoms with E-state index in [1.54, 1.807) is 29.2 Å². The van der Waals surface area contributed by atoms with E-state index in [2.05, 4.69) is 26.6 Å². The predicted octanol–water partition coefficient (Wildman–Crippen LogP) is 3.07. The monoisotopic (exact) mass is 941 g/mol. The van der Waals surface area contributed by atoms with Gasteiger partial charge >= 0.3 is 5.97 Å². The second kappa shape index (κ2) is 25.3. The van der Waals surface area contributed by atoms with Crippen LogP contribution in [-0.2, 0) is 70.5 Å². The van der Waals surface area contributed by atoms with Gasteiger partial charge in [0.15, 0.2) is 0 Å². The lowest BCUT2D eigenvalue weighted by Gasteiger charge is -2.42. The van der Waals surface area contributed by atoms with E-state index in [-0.39, 0.29) is 70.8 Å². The molecule has 6 rings (SSSR count). The number of nitrogens with one attached hydrogen (secondary N) is 5. The molecule has 69 heavy (non-hydrogen) atoms. The number of amides is 6. The van der Waals surface area contributed by atoms with Crippen molar-refractivity contribution in [3.63, 3.8) is 0 Å². The Balaban J connectivity index is 1.30. The number of carbonyl (C=O) groups is 7. The van der Waals surface area contributed by atoms with Gasteiger partial charge in [-0.25, -0.2) is 0 Å². The summed E-state index contributed by atoms with van der Waals surface area (Å²) in [7, 11) is 0. The summed E-state index contributed by atoms with van der Waals surface area (Å²) in [4.78, 5) is 95.9. The first-order chi connectivity index (χ1) is 33.3. The second-order valence-electron chi connectivity index (χ2n) is 17.7. The zero-order valence-corrected chi connectivity index (χ0v) is 39.1. The van der Waals surface area contributed by atoms with E-state index in [1.165, 1.54) is 0 Å². The summed E-state index contributed by atoms with van der Waals surface area (Å²) < 4.78 is 5.37. The summed E-state index contributed by atoms with van der Waals surface area (Å²) in [5.74, 6) is -3.67. The number of carboxylic acids is 1. The lowest BCUT2D eigenvalue weighted by Crippen LogP contribution is -2.58. The van der Waals surface area contributed by atoms with Crippen molar-refractivity contribution in [2.45, 2.75) is 76.9 Å². The number of ether oxygens (including phenoxy) is 1. The third-order valence-corrected chi connectivity index (χ3v) is 12.5. The molecule has 0 unspecified atom stereocenters. The number of aryl methyl sites for hydroxylation is 2. The zero-order chi connectivity index (χ0) is 49.2. The highest BCUT2D eigenvalue weighted by Crippen LogP contribution is 2.35. The van der Waals surface area contributed by atoms with Gasteiger partial charge in [0.1, 0.15) is 12.1 Å². The maximum Gasteiger partial charge on any atom is 0.303 e. The summed E-state index contributed by atoms with van der Waals surface area (Å²) in [6, 6.07) is 28.2. The molecule has 16 heteroatoms. The smallest absolute Gasteiger partial charge is 0.303 e. The first kappa shape index (κ1) is 51.2. The number of nitrogens with two attached hydrogens (primary N) is 1. The summed E-state index contributed by atoms with van der Waals surface area (Å²) >= 11 is 0.